The number of fused-ring (bicyclic) bond motifs is 2. The van der Waals surface area contributed by atoms with Gasteiger partial charge in [-0.3, -0.25) is 29.3 Å². The maximum absolute atomic E-state index is 15.0. The molecule has 4 aliphatic rings. The summed E-state index contributed by atoms with van der Waals surface area (Å²) in [5.74, 6) is -1.48. The number of amides is 5. The molecule has 0 saturated carbocycles. The Morgan fingerprint density at radius 2 is 1.73 bits per heavy atom. The molecule has 3 fully saturated rings. The van der Waals surface area contributed by atoms with Crippen molar-refractivity contribution in [1.29, 1.82) is 5.26 Å². The Labute approximate surface area is 430 Å². The van der Waals surface area contributed by atoms with E-state index in [1.165, 1.54) is 11.8 Å². The average molecular weight is 1010 g/mol. The second-order valence-electron chi connectivity index (χ2n) is 20.4. The van der Waals surface area contributed by atoms with Gasteiger partial charge in [0, 0.05) is 67.9 Å². The van der Waals surface area contributed by atoms with Crippen LogP contribution in [-0.4, -0.2) is 122 Å². The number of ether oxygens (including phenoxy) is 1. The molecule has 0 bridgehead atoms. The summed E-state index contributed by atoms with van der Waals surface area (Å²) in [5, 5.41) is 19.6. The number of piperidine rings is 3. The number of likely N-dealkylation sites (tertiary alicyclic amines) is 1. The van der Waals surface area contributed by atoms with Gasteiger partial charge < -0.3 is 29.7 Å². The number of nitrogens with one attached hydrogen (secondary N) is 2. The minimum atomic E-state index is -0.945. The van der Waals surface area contributed by atoms with Gasteiger partial charge in [-0.05, 0) is 145 Å². The smallest absolute Gasteiger partial charge is 0.255 e. The first-order valence-corrected chi connectivity index (χ1v) is 26.1. The Bertz CT molecular complexity index is 2960. The lowest BCUT2D eigenvalue weighted by Gasteiger charge is -2.46. The Morgan fingerprint density at radius 1 is 0.946 bits per heavy atom. The summed E-state index contributed by atoms with van der Waals surface area (Å²) in [7, 11) is 0. The number of unbranched alkanes of at least 4 members (excludes halogenated alkanes) is 3. The molecule has 16 nitrogen and oxygen atoms in total. The maximum Gasteiger partial charge on any atom is 0.255 e. The van der Waals surface area contributed by atoms with Crippen molar-refractivity contribution in [3.8, 4) is 22.9 Å². The van der Waals surface area contributed by atoms with Crippen LogP contribution in [0.25, 0.3) is 16.6 Å². The second kappa shape index (κ2) is 22.5. The van der Waals surface area contributed by atoms with Gasteiger partial charge in [0.25, 0.3) is 11.8 Å². The number of aromatic nitrogens is 3. The van der Waals surface area contributed by atoms with Crippen LogP contribution >= 0.6 is 0 Å². The molecular formula is C56H64F2N10O6. The Kier molecular flexibility index (Phi) is 15.7. The van der Waals surface area contributed by atoms with Gasteiger partial charge >= 0.3 is 0 Å². The van der Waals surface area contributed by atoms with Crippen LogP contribution in [-0.2, 0) is 20.9 Å². The number of hydrogen-bond donors (Lipinski definition) is 2. The largest absolute Gasteiger partial charge is 0.492 e. The highest BCUT2D eigenvalue weighted by Gasteiger charge is 2.41. The summed E-state index contributed by atoms with van der Waals surface area (Å²) in [6.45, 7) is 10.7. The van der Waals surface area contributed by atoms with Crippen LogP contribution < -0.4 is 20.3 Å². The number of rotatable bonds is 18. The van der Waals surface area contributed by atoms with Crippen LogP contribution in [0.15, 0.2) is 73.2 Å². The highest BCUT2D eigenvalue weighted by atomic mass is 19.1. The van der Waals surface area contributed by atoms with Gasteiger partial charge in [0.05, 0.1) is 41.2 Å². The zero-order valence-corrected chi connectivity index (χ0v) is 42.4. The van der Waals surface area contributed by atoms with Crippen molar-refractivity contribution in [3.05, 3.63) is 113 Å². The number of halogens is 2. The van der Waals surface area contributed by atoms with Crippen molar-refractivity contribution in [2.45, 2.75) is 121 Å². The van der Waals surface area contributed by atoms with Crippen LogP contribution in [0, 0.1) is 23.0 Å². The molecule has 3 aromatic heterocycles. The van der Waals surface area contributed by atoms with Gasteiger partial charge in [0.15, 0.2) is 0 Å². The van der Waals surface area contributed by atoms with Crippen molar-refractivity contribution in [3.63, 3.8) is 0 Å². The van der Waals surface area contributed by atoms with E-state index < -0.39 is 40.6 Å². The monoisotopic (exact) mass is 1010 g/mol. The number of hydrogen-bond acceptors (Lipinski definition) is 11. The predicted molar refractivity (Wildman–Crippen MR) is 273 cm³/mol. The third-order valence-electron chi connectivity index (χ3n) is 15.3. The predicted octanol–water partition coefficient (Wildman–Crippen LogP) is 7.54. The molecule has 1 atom stereocenters. The number of carbonyl (C=O) groups is 5. The van der Waals surface area contributed by atoms with Gasteiger partial charge in [0.1, 0.15) is 35.3 Å². The molecule has 5 aromatic rings. The van der Waals surface area contributed by atoms with E-state index in [2.05, 4.69) is 43.7 Å². The van der Waals surface area contributed by atoms with Crippen molar-refractivity contribution in [2.75, 3.05) is 50.8 Å². The summed E-state index contributed by atoms with van der Waals surface area (Å²) in [4.78, 5) is 78.1. The quantitative estimate of drug-likeness (QED) is 0.0653. The lowest BCUT2D eigenvalue weighted by atomic mass is 9.85. The number of nitriles is 1. The minimum Gasteiger partial charge on any atom is -0.492 e. The van der Waals surface area contributed by atoms with Crippen LogP contribution in [0.1, 0.15) is 135 Å². The molecule has 74 heavy (non-hydrogen) atoms. The van der Waals surface area contributed by atoms with Crippen molar-refractivity contribution >= 4 is 40.9 Å². The first kappa shape index (κ1) is 51.6. The van der Waals surface area contributed by atoms with Gasteiger partial charge in [-0.1, -0.05) is 25.0 Å². The van der Waals surface area contributed by atoms with E-state index in [1.807, 2.05) is 49.9 Å². The van der Waals surface area contributed by atoms with Crippen LogP contribution in [0.3, 0.4) is 0 Å². The van der Waals surface area contributed by atoms with E-state index in [4.69, 9.17) is 9.72 Å². The lowest BCUT2D eigenvalue weighted by Crippen LogP contribution is -2.62. The number of carbonyl (C=O) groups excluding carboxylic acids is 5. The number of anilines is 1. The normalized spacial score (nSPS) is 18.1. The first-order valence-electron chi connectivity index (χ1n) is 26.1. The Morgan fingerprint density at radius 3 is 2.45 bits per heavy atom. The molecule has 1 unspecified atom stereocenters. The fraction of sp³-hybridized carbons (Fsp3) is 0.464. The topological polar surface area (TPSA) is 186 Å². The standard InChI is InChI=1S/C56H64F2N10O6/c1-4-74-43-29-45(52-41(30-59)32-61-68(52)34-43)39-11-16-49(60-31-39)65-25-20-56(21-26-65,63-53(71)46-28-42(57)12-14-47(46)58)35-67(36(2)3)51(70)9-7-5-6-8-22-64-23-18-37(19-24-64)38-10-13-44-40(27-38)33-66(55(44)73)48-15-17-50(69)62-54(48)72/h10-14,16,27-29,31-32,34,36-37,48H,4-9,15,17-26,33,35H2,1-3H3,(H,63,71)(H,62,69,72). The highest BCUT2D eigenvalue weighted by Crippen LogP contribution is 2.36. The fourth-order valence-electron chi connectivity index (χ4n) is 11.2. The third kappa shape index (κ3) is 11.3. The molecule has 2 N–H and O–H groups in total. The maximum atomic E-state index is 15.0. The Hall–Kier alpha value is -7.26. The molecule has 388 valence electrons. The van der Waals surface area contributed by atoms with E-state index >= 15 is 0 Å². The van der Waals surface area contributed by atoms with Crippen LogP contribution in [0.4, 0.5) is 14.6 Å². The average Bonchev–Trinajstić information content (AvgIpc) is 3.97. The molecule has 5 amide bonds. The van der Waals surface area contributed by atoms with Gasteiger partial charge in [0.2, 0.25) is 17.7 Å². The molecule has 3 saturated heterocycles. The highest BCUT2D eigenvalue weighted by molar-refractivity contribution is 6.05. The zero-order valence-electron chi connectivity index (χ0n) is 42.4. The lowest BCUT2D eigenvalue weighted by molar-refractivity contribution is -0.137. The van der Waals surface area contributed by atoms with Crippen LogP contribution in [0.2, 0.25) is 0 Å². The summed E-state index contributed by atoms with van der Waals surface area (Å²) >= 11 is 0. The number of pyridine rings is 2. The van der Waals surface area contributed by atoms with Crippen molar-refractivity contribution in [2.24, 2.45) is 0 Å². The fourth-order valence-corrected chi connectivity index (χ4v) is 11.2. The number of benzene rings is 2. The van der Waals surface area contributed by atoms with E-state index in [9.17, 15) is 38.0 Å². The first-order chi connectivity index (χ1) is 35.7. The molecule has 9 rings (SSSR count). The zero-order chi connectivity index (χ0) is 52.1. The van der Waals surface area contributed by atoms with Crippen LogP contribution in [0.5, 0.6) is 5.75 Å². The molecule has 0 spiro atoms. The molecule has 18 heteroatoms. The molecule has 7 heterocycles. The SMILES string of the molecule is CCOc1cc(-c2ccc(N3CCC(CN(C(=O)CCCCCCN4CCC(c5ccc6c(c5)CN(C5CCC(=O)NC5=O)C6=O)CC4)C(C)C)(NC(=O)c4cc(F)ccc4F)CC3)nc2)c2c(C#N)cnn2c1. The van der Waals surface area contributed by atoms with E-state index in [1.54, 1.807) is 21.8 Å². The molecule has 0 radical (unpaired) electrons. The van der Waals surface area contributed by atoms with E-state index in [0.29, 0.717) is 86.1 Å². The second-order valence-corrected chi connectivity index (χ2v) is 20.4. The van der Waals surface area contributed by atoms with E-state index in [0.717, 1.165) is 93.0 Å². The number of nitrogens with zero attached hydrogens (tertiary/aromatic N) is 8. The molecule has 0 aliphatic carbocycles. The summed E-state index contributed by atoms with van der Waals surface area (Å²) in [6, 6.07) is 16.0. The summed E-state index contributed by atoms with van der Waals surface area (Å²) < 4.78 is 36.8. The van der Waals surface area contributed by atoms with Crippen molar-refractivity contribution in [1.82, 2.24) is 39.9 Å². The summed E-state index contributed by atoms with van der Waals surface area (Å²) in [6.07, 6.45) is 12.4. The molecular weight excluding hydrogens is 947 g/mol. The molecule has 4 aliphatic heterocycles. The van der Waals surface area contributed by atoms with E-state index in [-0.39, 0.29) is 36.7 Å². The van der Waals surface area contributed by atoms with Gasteiger partial charge in [-0.2, -0.15) is 10.4 Å². The minimum absolute atomic E-state index is 0.0211. The third-order valence-corrected chi connectivity index (χ3v) is 15.3. The molecule has 2 aromatic carbocycles. The Balaban J connectivity index is 0.772. The van der Waals surface area contributed by atoms with Crippen molar-refractivity contribution < 1.29 is 37.5 Å². The number of imide groups is 1. The van der Waals surface area contributed by atoms with Gasteiger partial charge in [-0.25, -0.2) is 18.3 Å². The van der Waals surface area contributed by atoms with Gasteiger partial charge in [-0.15, -0.1) is 0 Å². The summed E-state index contributed by atoms with van der Waals surface area (Å²) in [5.41, 5.74) is 4.04.